The second kappa shape index (κ2) is 11.6. The van der Waals surface area contributed by atoms with E-state index in [-0.39, 0.29) is 18.3 Å². The number of nitrogens with one attached hydrogen (secondary N) is 2. The van der Waals surface area contributed by atoms with E-state index >= 15 is 0 Å². The Kier molecular flexibility index (Phi) is 8.58. The number of nitriles is 1. The predicted molar refractivity (Wildman–Crippen MR) is 136 cm³/mol. The summed E-state index contributed by atoms with van der Waals surface area (Å²) in [5, 5.41) is 17.1. The van der Waals surface area contributed by atoms with Crippen LogP contribution < -0.4 is 10.6 Å². The largest absolute Gasteiger partial charge is 0.458 e. The molecule has 2 aromatic carbocycles. The molecule has 2 N–H and O–H groups in total. The average molecular weight is 494 g/mol. The van der Waals surface area contributed by atoms with Crippen molar-refractivity contribution in [2.75, 3.05) is 17.7 Å². The highest BCUT2D eigenvalue weighted by molar-refractivity contribution is 8.03. The van der Waals surface area contributed by atoms with Crippen LogP contribution in [0.1, 0.15) is 24.0 Å². The molecule has 0 spiro atoms. The zero-order valence-corrected chi connectivity index (χ0v) is 20.4. The Balaban J connectivity index is 1.89. The lowest BCUT2D eigenvalue weighted by Gasteiger charge is -2.29. The van der Waals surface area contributed by atoms with E-state index in [1.807, 2.05) is 31.2 Å². The number of carbonyl (C=O) groups is 2. The quantitative estimate of drug-likeness (QED) is 0.375. The number of rotatable bonds is 8. The molecule has 0 fully saturated rings. The second-order valence-corrected chi connectivity index (χ2v) is 9.02. The third-order valence-electron chi connectivity index (χ3n) is 5.05. The van der Waals surface area contributed by atoms with Crippen LogP contribution in [0.3, 0.4) is 0 Å². The standard InChI is InChI=1S/C26H24ClN3O3S/c1-4-12-33-26(32)23-17(3)29-25(21(14-28)24(23)18-8-10-19(27)11-9-18)34-15-22(31)30-20-7-5-6-16(2)13-20/h4-11,13,24,29H,1,12,15H2,2-3H3,(H,30,31). The van der Waals surface area contributed by atoms with E-state index in [0.29, 0.717) is 32.6 Å². The van der Waals surface area contributed by atoms with Gasteiger partial charge in [-0.3, -0.25) is 4.79 Å². The van der Waals surface area contributed by atoms with Gasteiger partial charge in [-0.2, -0.15) is 5.26 Å². The second-order valence-electron chi connectivity index (χ2n) is 7.60. The van der Waals surface area contributed by atoms with Crippen molar-refractivity contribution in [1.82, 2.24) is 5.32 Å². The van der Waals surface area contributed by atoms with Gasteiger partial charge in [-0.15, -0.1) is 0 Å². The summed E-state index contributed by atoms with van der Waals surface area (Å²) in [7, 11) is 0. The zero-order chi connectivity index (χ0) is 24.7. The molecule has 0 aromatic heterocycles. The van der Waals surface area contributed by atoms with Gasteiger partial charge in [-0.05, 0) is 49.2 Å². The number of anilines is 1. The molecule has 1 heterocycles. The van der Waals surface area contributed by atoms with Gasteiger partial charge in [0.1, 0.15) is 6.61 Å². The number of amides is 1. The van der Waals surface area contributed by atoms with Gasteiger partial charge in [-0.1, -0.05) is 60.3 Å². The van der Waals surface area contributed by atoms with Crippen LogP contribution in [-0.2, 0) is 14.3 Å². The number of halogens is 1. The molecule has 1 atom stereocenters. The van der Waals surface area contributed by atoms with Crippen LogP contribution in [0.25, 0.3) is 0 Å². The molecule has 0 aliphatic carbocycles. The van der Waals surface area contributed by atoms with Crippen molar-refractivity contribution >= 4 is 40.9 Å². The Hall–Kier alpha value is -3.47. The topological polar surface area (TPSA) is 91.2 Å². The number of thioether (sulfide) groups is 1. The lowest BCUT2D eigenvalue weighted by molar-refractivity contribution is -0.138. The van der Waals surface area contributed by atoms with Crippen molar-refractivity contribution in [2.24, 2.45) is 0 Å². The van der Waals surface area contributed by atoms with Gasteiger partial charge in [0.15, 0.2) is 0 Å². The van der Waals surface area contributed by atoms with Crippen LogP contribution in [0, 0.1) is 18.3 Å². The molecule has 0 radical (unpaired) electrons. The van der Waals surface area contributed by atoms with Crippen LogP contribution in [0.4, 0.5) is 5.69 Å². The Morgan fingerprint density at radius 2 is 2.00 bits per heavy atom. The molecule has 34 heavy (non-hydrogen) atoms. The number of allylic oxidation sites excluding steroid dienone is 2. The summed E-state index contributed by atoms with van der Waals surface area (Å²) in [6.45, 7) is 7.32. The summed E-state index contributed by atoms with van der Waals surface area (Å²) in [5.41, 5.74) is 3.67. The van der Waals surface area contributed by atoms with E-state index in [0.717, 1.165) is 11.1 Å². The highest BCUT2D eigenvalue weighted by atomic mass is 35.5. The maximum Gasteiger partial charge on any atom is 0.337 e. The fourth-order valence-electron chi connectivity index (χ4n) is 3.56. The van der Waals surface area contributed by atoms with Crippen LogP contribution >= 0.6 is 23.4 Å². The third kappa shape index (κ3) is 6.10. The Labute approximate surface area is 208 Å². The van der Waals surface area contributed by atoms with E-state index in [1.165, 1.54) is 17.8 Å². The summed E-state index contributed by atoms with van der Waals surface area (Å²) in [4.78, 5) is 25.4. The average Bonchev–Trinajstić information content (AvgIpc) is 2.81. The molecular weight excluding hydrogens is 470 g/mol. The number of nitrogens with zero attached hydrogens (tertiary/aromatic N) is 1. The van der Waals surface area contributed by atoms with Crippen molar-refractivity contribution in [1.29, 1.82) is 5.26 Å². The summed E-state index contributed by atoms with van der Waals surface area (Å²) in [6, 6.07) is 16.7. The SMILES string of the molecule is C=CCOC(=O)C1=C(C)NC(SCC(=O)Nc2cccc(C)c2)=C(C#N)C1c1ccc(Cl)cc1. The van der Waals surface area contributed by atoms with E-state index < -0.39 is 11.9 Å². The number of hydrogen-bond acceptors (Lipinski definition) is 6. The molecule has 1 aliphatic heterocycles. The Bertz CT molecular complexity index is 1210. The normalized spacial score (nSPS) is 15.3. The minimum atomic E-state index is -0.664. The van der Waals surface area contributed by atoms with Gasteiger partial charge in [-0.25, -0.2) is 4.79 Å². The fraction of sp³-hybridized carbons (Fsp3) is 0.192. The minimum Gasteiger partial charge on any atom is -0.458 e. The molecule has 0 saturated heterocycles. The molecule has 6 nitrogen and oxygen atoms in total. The molecule has 3 rings (SSSR count). The van der Waals surface area contributed by atoms with Gasteiger partial charge in [0, 0.05) is 16.4 Å². The summed E-state index contributed by atoms with van der Waals surface area (Å²) >= 11 is 7.26. The van der Waals surface area contributed by atoms with Crippen molar-refractivity contribution in [2.45, 2.75) is 19.8 Å². The number of hydrogen-bond donors (Lipinski definition) is 2. The first-order valence-electron chi connectivity index (χ1n) is 10.5. The molecule has 2 aromatic rings. The highest BCUT2D eigenvalue weighted by Gasteiger charge is 2.35. The smallest absolute Gasteiger partial charge is 0.337 e. The van der Waals surface area contributed by atoms with Crippen molar-refractivity contribution in [3.05, 3.63) is 99.2 Å². The summed E-state index contributed by atoms with van der Waals surface area (Å²) < 4.78 is 5.29. The Morgan fingerprint density at radius 1 is 1.26 bits per heavy atom. The van der Waals surface area contributed by atoms with Crippen molar-refractivity contribution in [3.8, 4) is 6.07 Å². The lowest BCUT2D eigenvalue weighted by atomic mass is 9.82. The zero-order valence-electron chi connectivity index (χ0n) is 18.9. The number of dihydropyridines is 1. The molecule has 0 saturated carbocycles. The highest BCUT2D eigenvalue weighted by Crippen LogP contribution is 2.41. The van der Waals surface area contributed by atoms with Crippen LogP contribution in [0.5, 0.6) is 0 Å². The molecule has 1 amide bonds. The Morgan fingerprint density at radius 3 is 2.65 bits per heavy atom. The number of aryl methyl sites for hydroxylation is 1. The van der Waals surface area contributed by atoms with E-state index in [9.17, 15) is 14.9 Å². The van der Waals surface area contributed by atoms with Crippen molar-refractivity contribution in [3.63, 3.8) is 0 Å². The van der Waals surface area contributed by atoms with Gasteiger partial charge < -0.3 is 15.4 Å². The maximum atomic E-state index is 12.9. The first-order valence-corrected chi connectivity index (χ1v) is 11.8. The van der Waals surface area contributed by atoms with Gasteiger partial charge >= 0.3 is 5.97 Å². The molecule has 1 aliphatic rings. The molecule has 0 bridgehead atoms. The molecule has 1 unspecified atom stereocenters. The number of ether oxygens (including phenoxy) is 1. The van der Waals surface area contributed by atoms with Crippen molar-refractivity contribution < 1.29 is 14.3 Å². The monoisotopic (exact) mass is 493 g/mol. The first kappa shape index (κ1) is 25.2. The number of carbonyl (C=O) groups excluding carboxylic acids is 2. The van der Waals surface area contributed by atoms with E-state index in [2.05, 4.69) is 23.3 Å². The lowest BCUT2D eigenvalue weighted by Crippen LogP contribution is -2.29. The number of benzene rings is 2. The van der Waals surface area contributed by atoms with Gasteiger partial charge in [0.2, 0.25) is 5.91 Å². The maximum absolute atomic E-state index is 12.9. The van der Waals surface area contributed by atoms with Gasteiger partial charge in [0.05, 0.1) is 33.9 Å². The van der Waals surface area contributed by atoms with Gasteiger partial charge in [0.25, 0.3) is 0 Å². The van der Waals surface area contributed by atoms with E-state index in [1.54, 1.807) is 31.2 Å². The van der Waals surface area contributed by atoms with Crippen LogP contribution in [-0.4, -0.2) is 24.2 Å². The van der Waals surface area contributed by atoms with Crippen LogP contribution in [0.2, 0.25) is 5.02 Å². The first-order chi connectivity index (χ1) is 16.3. The summed E-state index contributed by atoms with van der Waals surface area (Å²) in [5.74, 6) is -1.33. The molecule has 174 valence electrons. The molecule has 8 heteroatoms. The minimum absolute atomic E-state index is 0.0509. The predicted octanol–water partition coefficient (Wildman–Crippen LogP) is 5.45. The summed E-state index contributed by atoms with van der Waals surface area (Å²) in [6.07, 6.45) is 1.48. The van der Waals surface area contributed by atoms with E-state index in [4.69, 9.17) is 16.3 Å². The molecular formula is C26H24ClN3O3S. The number of esters is 1. The van der Waals surface area contributed by atoms with Crippen LogP contribution in [0.15, 0.2) is 83.1 Å². The fourth-order valence-corrected chi connectivity index (χ4v) is 4.57. The third-order valence-corrected chi connectivity index (χ3v) is 6.32.